The molecule has 6 nitrogen and oxygen atoms in total. The topological polar surface area (TPSA) is 89.5 Å². The van der Waals surface area contributed by atoms with Crippen molar-refractivity contribution in [1.29, 1.82) is 0 Å². The van der Waals surface area contributed by atoms with Crippen molar-refractivity contribution in [2.45, 2.75) is 12.5 Å². The largest absolute Gasteiger partial charge is 0.452 e. The fraction of sp³-hybridized carbons (Fsp3) is 0.385. The van der Waals surface area contributed by atoms with Gasteiger partial charge in [-0.3, -0.25) is 4.79 Å². The highest BCUT2D eigenvalue weighted by Crippen LogP contribution is 2.18. The maximum atomic E-state index is 12.9. The molecule has 1 aromatic rings. The number of nitrogens with one attached hydrogen (secondary N) is 1. The Morgan fingerprint density at radius 3 is 2.73 bits per heavy atom. The predicted octanol–water partition coefficient (Wildman–Crippen LogP) is 0.939. The number of carbonyl (C=O) groups excluding carboxylic acids is 2. The highest BCUT2D eigenvalue weighted by atomic mass is 35.5. The van der Waals surface area contributed by atoms with Crippen molar-refractivity contribution >= 4 is 33.3 Å². The van der Waals surface area contributed by atoms with Crippen molar-refractivity contribution < 1.29 is 27.1 Å². The molecule has 0 bridgehead atoms. The van der Waals surface area contributed by atoms with E-state index in [0.717, 1.165) is 18.2 Å². The smallest absolute Gasteiger partial charge is 0.340 e. The molecule has 1 saturated heterocycles. The van der Waals surface area contributed by atoms with E-state index >= 15 is 0 Å². The molecule has 2 rings (SSSR count). The van der Waals surface area contributed by atoms with E-state index in [4.69, 9.17) is 16.3 Å². The van der Waals surface area contributed by atoms with E-state index in [-0.39, 0.29) is 22.1 Å². The summed E-state index contributed by atoms with van der Waals surface area (Å²) in [7, 11) is -3.10. The van der Waals surface area contributed by atoms with Crippen molar-refractivity contribution in [3.05, 3.63) is 34.6 Å². The Labute approximate surface area is 131 Å². The van der Waals surface area contributed by atoms with E-state index in [1.165, 1.54) is 0 Å². The van der Waals surface area contributed by atoms with Crippen LogP contribution in [0.5, 0.6) is 0 Å². The van der Waals surface area contributed by atoms with Crippen LogP contribution < -0.4 is 5.32 Å². The van der Waals surface area contributed by atoms with Crippen LogP contribution in [0.2, 0.25) is 5.02 Å². The Kier molecular flexibility index (Phi) is 5.02. The number of amides is 1. The second-order valence-electron chi connectivity index (χ2n) is 4.87. The number of hydrogen-bond donors (Lipinski definition) is 1. The van der Waals surface area contributed by atoms with Crippen molar-refractivity contribution in [2.75, 3.05) is 18.1 Å². The van der Waals surface area contributed by atoms with E-state index in [2.05, 4.69) is 5.32 Å². The van der Waals surface area contributed by atoms with Crippen LogP contribution in [0, 0.1) is 5.82 Å². The number of halogens is 2. The van der Waals surface area contributed by atoms with Crippen LogP contribution in [0.1, 0.15) is 16.8 Å². The van der Waals surface area contributed by atoms with Crippen LogP contribution >= 0.6 is 11.6 Å². The van der Waals surface area contributed by atoms with Crippen LogP contribution in [0.25, 0.3) is 0 Å². The molecule has 1 aliphatic heterocycles. The lowest BCUT2D eigenvalue weighted by Gasteiger charge is -2.11. The lowest BCUT2D eigenvalue weighted by atomic mass is 10.2. The lowest BCUT2D eigenvalue weighted by molar-refractivity contribution is -0.124. The molecule has 9 heteroatoms. The van der Waals surface area contributed by atoms with Gasteiger partial charge in [0.25, 0.3) is 5.91 Å². The highest BCUT2D eigenvalue weighted by Gasteiger charge is 2.29. The summed E-state index contributed by atoms with van der Waals surface area (Å²) in [6.07, 6.45) is 0.339. The van der Waals surface area contributed by atoms with Crippen molar-refractivity contribution in [2.24, 2.45) is 0 Å². The zero-order chi connectivity index (χ0) is 16.3. The molecule has 0 radical (unpaired) electrons. The van der Waals surface area contributed by atoms with Gasteiger partial charge >= 0.3 is 5.97 Å². The van der Waals surface area contributed by atoms with Crippen molar-refractivity contribution in [1.82, 2.24) is 5.32 Å². The number of benzene rings is 1. The van der Waals surface area contributed by atoms with Gasteiger partial charge in [0, 0.05) is 6.04 Å². The molecule has 0 spiro atoms. The van der Waals surface area contributed by atoms with Crippen LogP contribution in [-0.2, 0) is 19.4 Å². The fourth-order valence-electron chi connectivity index (χ4n) is 2.04. The second kappa shape index (κ2) is 6.62. The summed E-state index contributed by atoms with van der Waals surface area (Å²) in [5, 5.41) is 2.36. The summed E-state index contributed by atoms with van der Waals surface area (Å²) < 4.78 is 40.1. The standard InChI is InChI=1S/C13H13ClFNO5S/c14-11-5-8(15)1-2-10(11)13(18)21-6-12(17)16-9-3-4-22(19,20)7-9/h1-2,5,9H,3-4,6-7H2,(H,16,17)/t9-/m0/s1. The molecule has 0 aliphatic carbocycles. The first-order valence-corrected chi connectivity index (χ1v) is 8.59. The van der Waals surface area contributed by atoms with Gasteiger partial charge < -0.3 is 10.1 Å². The van der Waals surface area contributed by atoms with Crippen molar-refractivity contribution in [3.63, 3.8) is 0 Å². The first-order chi connectivity index (χ1) is 10.3. The van der Waals surface area contributed by atoms with Gasteiger partial charge in [0.15, 0.2) is 16.4 Å². The minimum absolute atomic E-state index is 0.0307. The van der Waals surface area contributed by atoms with Gasteiger partial charge in [0.1, 0.15) is 5.82 Å². The van der Waals surface area contributed by atoms with E-state index in [0.29, 0.717) is 6.42 Å². The third-order valence-electron chi connectivity index (χ3n) is 3.08. The Bertz CT molecular complexity index is 706. The van der Waals surface area contributed by atoms with Gasteiger partial charge in [-0.05, 0) is 24.6 Å². The zero-order valence-corrected chi connectivity index (χ0v) is 12.9. The molecule has 0 unspecified atom stereocenters. The Balaban J connectivity index is 1.84. The molecular formula is C13H13ClFNO5S. The van der Waals surface area contributed by atoms with Gasteiger partial charge in [0.05, 0.1) is 22.1 Å². The summed E-state index contributed by atoms with van der Waals surface area (Å²) in [6, 6.07) is 2.69. The summed E-state index contributed by atoms with van der Waals surface area (Å²) in [4.78, 5) is 23.3. The maximum Gasteiger partial charge on any atom is 0.340 e. The van der Waals surface area contributed by atoms with Gasteiger partial charge in [-0.2, -0.15) is 0 Å². The number of ether oxygens (including phenoxy) is 1. The fourth-order valence-corrected chi connectivity index (χ4v) is 3.96. The Hall–Kier alpha value is -1.67. The quantitative estimate of drug-likeness (QED) is 0.817. The number of sulfone groups is 1. The molecule has 1 aliphatic rings. The van der Waals surface area contributed by atoms with E-state index in [1.807, 2.05) is 0 Å². The predicted molar refractivity (Wildman–Crippen MR) is 76.9 cm³/mol. The zero-order valence-electron chi connectivity index (χ0n) is 11.3. The summed E-state index contributed by atoms with van der Waals surface area (Å²) >= 11 is 5.70. The normalized spacial score (nSPS) is 19.6. The Morgan fingerprint density at radius 1 is 1.41 bits per heavy atom. The summed E-state index contributed by atoms with van der Waals surface area (Å²) in [5.41, 5.74) is -0.0562. The van der Waals surface area contributed by atoms with Crippen molar-refractivity contribution in [3.8, 4) is 0 Å². The van der Waals surface area contributed by atoms with Crippen LogP contribution in [-0.4, -0.2) is 44.4 Å². The first kappa shape index (κ1) is 16.7. The molecule has 0 saturated carbocycles. The third-order valence-corrected chi connectivity index (χ3v) is 5.16. The third kappa shape index (κ3) is 4.41. The summed E-state index contributed by atoms with van der Waals surface area (Å²) in [6.45, 7) is -0.566. The summed E-state index contributed by atoms with van der Waals surface area (Å²) in [5.74, 6) is -2.14. The minimum atomic E-state index is -3.10. The maximum absolute atomic E-state index is 12.9. The lowest BCUT2D eigenvalue weighted by Crippen LogP contribution is -2.38. The molecule has 1 atom stereocenters. The number of carbonyl (C=O) groups is 2. The average Bonchev–Trinajstić information content (AvgIpc) is 2.75. The molecule has 120 valence electrons. The minimum Gasteiger partial charge on any atom is -0.452 e. The van der Waals surface area contributed by atoms with Gasteiger partial charge in [-0.25, -0.2) is 17.6 Å². The first-order valence-electron chi connectivity index (χ1n) is 6.39. The molecule has 0 aromatic heterocycles. The average molecular weight is 350 g/mol. The van der Waals surface area contributed by atoms with Gasteiger partial charge in [-0.1, -0.05) is 11.6 Å². The van der Waals surface area contributed by atoms with Crippen LogP contribution in [0.15, 0.2) is 18.2 Å². The molecular weight excluding hydrogens is 337 g/mol. The Morgan fingerprint density at radius 2 is 2.14 bits per heavy atom. The molecule has 1 aromatic carbocycles. The SMILES string of the molecule is O=C(COC(=O)c1ccc(F)cc1Cl)N[C@H]1CCS(=O)(=O)C1. The van der Waals surface area contributed by atoms with Gasteiger partial charge in [0.2, 0.25) is 0 Å². The molecule has 1 heterocycles. The molecule has 1 amide bonds. The van der Waals surface area contributed by atoms with Crippen LogP contribution in [0.4, 0.5) is 4.39 Å². The number of hydrogen-bond acceptors (Lipinski definition) is 5. The van der Waals surface area contributed by atoms with Gasteiger partial charge in [-0.15, -0.1) is 0 Å². The van der Waals surface area contributed by atoms with E-state index in [1.54, 1.807) is 0 Å². The highest BCUT2D eigenvalue weighted by molar-refractivity contribution is 7.91. The van der Waals surface area contributed by atoms with E-state index in [9.17, 15) is 22.4 Å². The monoisotopic (exact) mass is 349 g/mol. The van der Waals surface area contributed by atoms with Crippen LogP contribution in [0.3, 0.4) is 0 Å². The molecule has 1 fully saturated rings. The second-order valence-corrected chi connectivity index (χ2v) is 7.50. The molecule has 22 heavy (non-hydrogen) atoms. The molecule has 1 N–H and O–H groups in total. The number of esters is 1. The number of rotatable bonds is 4. The van der Waals surface area contributed by atoms with E-state index < -0.39 is 40.2 Å².